The third-order valence-corrected chi connectivity index (χ3v) is 11.6. The molecule has 5 unspecified atom stereocenters. The van der Waals surface area contributed by atoms with Crippen molar-refractivity contribution in [2.75, 3.05) is 5.73 Å². The molecule has 2 nitrogen and oxygen atoms in total. The molecule has 4 rings (SSSR count). The fourth-order valence-electron chi connectivity index (χ4n) is 3.18. The number of rotatable bonds is 3. The lowest BCUT2D eigenvalue weighted by molar-refractivity contribution is 1.24. The summed E-state index contributed by atoms with van der Waals surface area (Å²) >= 11 is 11.2. The van der Waals surface area contributed by atoms with Crippen molar-refractivity contribution in [2.24, 2.45) is 0 Å². The molecule has 1 heterocycles. The molecule has 0 saturated heterocycles. The van der Waals surface area contributed by atoms with Crippen LogP contribution in [0.15, 0.2) is 40.1 Å². The van der Waals surface area contributed by atoms with E-state index >= 15 is 0 Å². The van der Waals surface area contributed by atoms with Gasteiger partial charge >= 0.3 is 0 Å². The first-order valence-corrected chi connectivity index (χ1v) is 13.7. The van der Waals surface area contributed by atoms with Crippen molar-refractivity contribution in [1.82, 2.24) is 4.98 Å². The Hall–Kier alpha value is -0.0600. The molecule has 0 aliphatic heterocycles. The molecule has 0 saturated carbocycles. The molecular weight excluding hydrogens is 531 g/mol. The van der Waals surface area contributed by atoms with Crippen LogP contribution in [-0.4, -0.2) is 4.98 Å². The zero-order valence-corrected chi connectivity index (χ0v) is 24.6. The minimum absolute atomic E-state index is 0.739. The zero-order chi connectivity index (χ0) is 22.4. The number of aromatic nitrogens is 1. The van der Waals surface area contributed by atoms with Gasteiger partial charge in [0.05, 0.1) is 10.2 Å². The third-order valence-electron chi connectivity index (χ3n) is 5.00. The standard InChI is InChI=1S/C21H21N2P5S3/c22-9-3-6-12-13(7-9)31-21(23-12)11-5-2-8(19(29)20(11)30)1-4-10-14(24)16(26)18(28)17(27)15(10)25/h1-7,29-30H,22,24-28H2/b4-1+. The van der Waals surface area contributed by atoms with Crippen LogP contribution in [-0.2, 0) is 0 Å². The van der Waals surface area contributed by atoms with Crippen LogP contribution >= 0.6 is 82.8 Å². The Kier molecular flexibility index (Phi) is 7.51. The summed E-state index contributed by atoms with van der Waals surface area (Å²) in [5, 5.41) is 6.72. The molecule has 0 aliphatic rings. The van der Waals surface area contributed by atoms with Crippen LogP contribution in [0, 0.1) is 0 Å². The molecule has 0 bridgehead atoms. The summed E-state index contributed by atoms with van der Waals surface area (Å²) in [5.74, 6) is 0. The predicted octanol–water partition coefficient (Wildman–Crippen LogP) is 3.80. The van der Waals surface area contributed by atoms with E-state index < -0.39 is 0 Å². The average molecular weight is 552 g/mol. The predicted molar refractivity (Wildman–Crippen MR) is 166 cm³/mol. The highest BCUT2D eigenvalue weighted by Crippen LogP contribution is 2.38. The maximum absolute atomic E-state index is 5.91. The molecule has 31 heavy (non-hydrogen) atoms. The Bertz CT molecular complexity index is 1350. The van der Waals surface area contributed by atoms with Crippen LogP contribution in [0.1, 0.15) is 11.1 Å². The molecule has 0 aliphatic carbocycles. The van der Waals surface area contributed by atoms with Gasteiger partial charge in [-0.2, -0.15) is 0 Å². The number of fused-ring (bicyclic) bond motifs is 1. The lowest BCUT2D eigenvalue weighted by atomic mass is 10.1. The van der Waals surface area contributed by atoms with E-state index in [1.807, 2.05) is 18.2 Å². The van der Waals surface area contributed by atoms with Crippen molar-refractivity contribution in [2.45, 2.75) is 9.79 Å². The van der Waals surface area contributed by atoms with E-state index in [9.17, 15) is 0 Å². The van der Waals surface area contributed by atoms with E-state index in [1.165, 1.54) is 15.9 Å². The van der Waals surface area contributed by atoms with Gasteiger partial charge in [0.2, 0.25) is 0 Å². The summed E-state index contributed by atoms with van der Waals surface area (Å²) < 4.78 is 1.06. The third kappa shape index (κ3) is 4.64. The van der Waals surface area contributed by atoms with Crippen molar-refractivity contribution >= 4 is 137 Å². The molecule has 0 spiro atoms. The van der Waals surface area contributed by atoms with Gasteiger partial charge < -0.3 is 5.73 Å². The number of benzene rings is 3. The summed E-state index contributed by atoms with van der Waals surface area (Å²) in [6, 6.07) is 9.89. The highest BCUT2D eigenvalue weighted by atomic mass is 32.1. The van der Waals surface area contributed by atoms with E-state index in [0.29, 0.717) is 0 Å². The van der Waals surface area contributed by atoms with Gasteiger partial charge in [0.25, 0.3) is 0 Å². The highest BCUT2D eigenvalue weighted by Gasteiger charge is 2.14. The second-order valence-electron chi connectivity index (χ2n) is 6.96. The summed E-state index contributed by atoms with van der Waals surface area (Å²) in [6.07, 6.45) is 4.20. The van der Waals surface area contributed by atoms with E-state index in [2.05, 4.69) is 70.5 Å². The van der Waals surface area contributed by atoms with Crippen LogP contribution in [0.4, 0.5) is 5.69 Å². The minimum atomic E-state index is 0.739. The fourth-order valence-corrected chi connectivity index (χ4v) is 7.30. The number of nitrogen functional groups attached to an aromatic ring is 1. The van der Waals surface area contributed by atoms with Crippen LogP contribution in [0.2, 0.25) is 0 Å². The van der Waals surface area contributed by atoms with Crippen LogP contribution in [0.25, 0.3) is 32.9 Å². The number of nitrogens with two attached hydrogens (primary N) is 1. The first kappa shape index (κ1) is 24.1. The van der Waals surface area contributed by atoms with Gasteiger partial charge in [-0.05, 0) is 55.8 Å². The Morgan fingerprint density at radius 3 is 2.13 bits per heavy atom. The van der Waals surface area contributed by atoms with E-state index in [1.54, 1.807) is 11.3 Å². The summed E-state index contributed by atoms with van der Waals surface area (Å²) in [4.78, 5) is 6.39. The number of thiazole rings is 1. The molecule has 3 aromatic carbocycles. The number of nitrogens with zero attached hydrogens (tertiary/aromatic N) is 1. The Balaban J connectivity index is 1.74. The SMILES string of the molecule is Nc1ccc2nc(-c3ccc(/C=C/c4c(P)c(P)c(P)c(P)c4P)c(S)c3S)sc2c1. The Morgan fingerprint density at radius 1 is 0.806 bits per heavy atom. The smallest absolute Gasteiger partial charge is 0.125 e. The molecule has 5 atom stereocenters. The van der Waals surface area contributed by atoms with Gasteiger partial charge in [0.15, 0.2) is 0 Å². The van der Waals surface area contributed by atoms with Crippen LogP contribution in [0.3, 0.4) is 0 Å². The van der Waals surface area contributed by atoms with Crippen molar-refractivity contribution in [3.05, 3.63) is 41.5 Å². The molecule has 0 amide bonds. The van der Waals surface area contributed by atoms with Gasteiger partial charge in [0, 0.05) is 21.0 Å². The van der Waals surface area contributed by atoms with E-state index in [0.717, 1.165) is 58.0 Å². The van der Waals surface area contributed by atoms with Gasteiger partial charge in [0.1, 0.15) is 5.01 Å². The van der Waals surface area contributed by atoms with Crippen LogP contribution in [0.5, 0.6) is 0 Å². The molecule has 10 heteroatoms. The average Bonchev–Trinajstić information content (AvgIpc) is 3.16. The zero-order valence-electron chi connectivity index (χ0n) is 16.3. The maximum atomic E-state index is 5.91. The molecular formula is C21H21N2P5S3. The second-order valence-corrected chi connectivity index (χ2v) is 11.8. The minimum Gasteiger partial charge on any atom is -0.399 e. The quantitative estimate of drug-likeness (QED) is 0.157. The monoisotopic (exact) mass is 552 g/mol. The van der Waals surface area contributed by atoms with Crippen molar-refractivity contribution in [3.63, 3.8) is 0 Å². The van der Waals surface area contributed by atoms with Crippen molar-refractivity contribution < 1.29 is 0 Å². The molecule has 0 radical (unpaired) electrons. The second kappa shape index (κ2) is 9.66. The van der Waals surface area contributed by atoms with Crippen molar-refractivity contribution in [1.29, 1.82) is 0 Å². The lowest BCUT2D eigenvalue weighted by Gasteiger charge is -2.15. The highest BCUT2D eigenvalue weighted by molar-refractivity contribution is 7.83. The number of hydrogen-bond donors (Lipinski definition) is 3. The van der Waals surface area contributed by atoms with Gasteiger partial charge in [-0.25, -0.2) is 4.98 Å². The maximum Gasteiger partial charge on any atom is 0.125 e. The van der Waals surface area contributed by atoms with E-state index in [-0.39, 0.29) is 0 Å². The number of hydrogen-bond acceptors (Lipinski definition) is 5. The molecule has 4 aromatic rings. The fraction of sp³-hybridized carbons (Fsp3) is 0. The van der Waals surface area contributed by atoms with Crippen molar-refractivity contribution in [3.8, 4) is 10.6 Å². The first-order valence-electron chi connectivity index (χ1n) is 9.09. The Morgan fingerprint density at radius 2 is 1.45 bits per heavy atom. The van der Waals surface area contributed by atoms with Gasteiger partial charge in [-0.1, -0.05) is 24.3 Å². The molecule has 158 valence electrons. The largest absolute Gasteiger partial charge is 0.399 e. The normalized spacial score (nSPS) is 11.7. The van der Waals surface area contributed by atoms with Gasteiger partial charge in [-0.3, -0.25) is 0 Å². The topological polar surface area (TPSA) is 38.9 Å². The summed E-state index contributed by atoms with van der Waals surface area (Å²) in [5.41, 5.74) is 10.7. The number of thiol groups is 2. The first-order chi connectivity index (χ1) is 14.7. The van der Waals surface area contributed by atoms with E-state index in [4.69, 9.17) is 36.0 Å². The Labute approximate surface area is 208 Å². The molecule has 1 aromatic heterocycles. The number of anilines is 1. The lowest BCUT2D eigenvalue weighted by Crippen LogP contribution is -2.41. The summed E-state index contributed by atoms with van der Waals surface area (Å²) in [7, 11) is 14.1. The van der Waals surface area contributed by atoms with Gasteiger partial charge in [-0.15, -0.1) is 82.8 Å². The summed E-state index contributed by atoms with van der Waals surface area (Å²) in [6.45, 7) is 0. The van der Waals surface area contributed by atoms with Crippen LogP contribution < -0.4 is 32.3 Å². The molecule has 2 N–H and O–H groups in total. The molecule has 0 fully saturated rings.